The molecule has 0 N–H and O–H groups in total. The standard InChI is InChI=1S/C8H13NO/c1-5-3-6-4-7(6)8(10)9(5)2/h5-7H,3-4H2,1-2H3/t5-,6?,7?/m1/s1. The molecule has 2 nitrogen and oxygen atoms in total. The zero-order chi connectivity index (χ0) is 7.30. The van der Waals surface area contributed by atoms with Gasteiger partial charge in [0.15, 0.2) is 0 Å². The Labute approximate surface area is 61.2 Å². The van der Waals surface area contributed by atoms with Crippen LogP contribution in [0.5, 0.6) is 0 Å². The van der Waals surface area contributed by atoms with E-state index in [2.05, 4.69) is 6.92 Å². The van der Waals surface area contributed by atoms with Gasteiger partial charge < -0.3 is 4.90 Å². The number of nitrogens with zero attached hydrogens (tertiary/aromatic N) is 1. The topological polar surface area (TPSA) is 20.3 Å². The first-order valence-corrected chi connectivity index (χ1v) is 3.97. The number of carbonyl (C=O) groups excluding carboxylic acids is 1. The zero-order valence-electron chi connectivity index (χ0n) is 6.50. The maximum atomic E-state index is 11.3. The van der Waals surface area contributed by atoms with Crippen molar-refractivity contribution < 1.29 is 4.79 Å². The lowest BCUT2D eigenvalue weighted by Crippen LogP contribution is -2.40. The third kappa shape index (κ3) is 0.678. The van der Waals surface area contributed by atoms with Gasteiger partial charge in [0.25, 0.3) is 0 Å². The molecular formula is C8H13NO. The second kappa shape index (κ2) is 1.74. The first-order chi connectivity index (χ1) is 4.70. The van der Waals surface area contributed by atoms with E-state index >= 15 is 0 Å². The van der Waals surface area contributed by atoms with Crippen LogP contribution in [0.25, 0.3) is 0 Å². The SMILES string of the molecule is C[C@@H]1CC2CC2C(=O)N1C. The third-order valence-corrected chi connectivity index (χ3v) is 2.89. The second-order valence-corrected chi connectivity index (χ2v) is 3.64. The van der Waals surface area contributed by atoms with Crippen molar-refractivity contribution in [2.24, 2.45) is 11.8 Å². The van der Waals surface area contributed by atoms with Gasteiger partial charge in [-0.1, -0.05) is 0 Å². The Morgan fingerprint density at radius 1 is 1.50 bits per heavy atom. The lowest BCUT2D eigenvalue weighted by atomic mass is 10.0. The largest absolute Gasteiger partial charge is 0.343 e. The van der Waals surface area contributed by atoms with Crippen molar-refractivity contribution in [3.63, 3.8) is 0 Å². The predicted molar refractivity (Wildman–Crippen MR) is 38.4 cm³/mol. The summed E-state index contributed by atoms with van der Waals surface area (Å²) < 4.78 is 0. The first-order valence-electron chi connectivity index (χ1n) is 3.97. The van der Waals surface area contributed by atoms with E-state index in [0.717, 1.165) is 12.3 Å². The molecule has 0 bridgehead atoms. The van der Waals surface area contributed by atoms with E-state index in [9.17, 15) is 4.79 Å². The summed E-state index contributed by atoms with van der Waals surface area (Å²) in [6.07, 6.45) is 2.39. The first kappa shape index (κ1) is 6.20. The summed E-state index contributed by atoms with van der Waals surface area (Å²) in [6.45, 7) is 2.13. The zero-order valence-corrected chi connectivity index (χ0v) is 6.50. The highest BCUT2D eigenvalue weighted by Crippen LogP contribution is 2.47. The molecule has 1 amide bonds. The van der Waals surface area contributed by atoms with Crippen molar-refractivity contribution in [1.82, 2.24) is 4.90 Å². The Bertz CT molecular complexity index is 178. The predicted octanol–water partition coefficient (Wildman–Crippen LogP) is 0.873. The van der Waals surface area contributed by atoms with Gasteiger partial charge in [0.1, 0.15) is 0 Å². The van der Waals surface area contributed by atoms with Crippen LogP contribution in [-0.2, 0) is 4.79 Å². The number of hydrogen-bond donors (Lipinski definition) is 0. The molecule has 0 aromatic carbocycles. The van der Waals surface area contributed by atoms with Gasteiger partial charge in [-0.15, -0.1) is 0 Å². The number of piperidine rings is 1. The van der Waals surface area contributed by atoms with Gasteiger partial charge in [-0.3, -0.25) is 4.79 Å². The maximum absolute atomic E-state index is 11.3. The van der Waals surface area contributed by atoms with E-state index in [1.54, 1.807) is 0 Å². The molecule has 0 aromatic heterocycles. The van der Waals surface area contributed by atoms with Crippen LogP contribution >= 0.6 is 0 Å². The van der Waals surface area contributed by atoms with E-state index in [-0.39, 0.29) is 0 Å². The molecule has 56 valence electrons. The Morgan fingerprint density at radius 3 is 2.90 bits per heavy atom. The minimum absolute atomic E-state index is 0.378. The van der Waals surface area contributed by atoms with Gasteiger partial charge in [0.05, 0.1) is 0 Å². The molecule has 2 heteroatoms. The fraction of sp³-hybridized carbons (Fsp3) is 0.875. The summed E-state index contributed by atoms with van der Waals surface area (Å²) in [6, 6.07) is 0.483. The number of fused-ring (bicyclic) bond motifs is 1. The Morgan fingerprint density at radius 2 is 2.20 bits per heavy atom. The van der Waals surface area contributed by atoms with Gasteiger partial charge in [-0.25, -0.2) is 0 Å². The van der Waals surface area contributed by atoms with Crippen LogP contribution in [-0.4, -0.2) is 23.9 Å². The molecule has 0 aromatic rings. The normalized spacial score (nSPS) is 45.2. The number of rotatable bonds is 0. The molecule has 3 atom stereocenters. The Kier molecular flexibility index (Phi) is 1.08. The van der Waals surface area contributed by atoms with Crippen molar-refractivity contribution in [2.75, 3.05) is 7.05 Å². The van der Waals surface area contributed by atoms with E-state index in [0.29, 0.717) is 17.9 Å². The average molecular weight is 139 g/mol. The van der Waals surface area contributed by atoms with Gasteiger partial charge in [-0.2, -0.15) is 0 Å². The van der Waals surface area contributed by atoms with E-state index < -0.39 is 0 Å². The quantitative estimate of drug-likeness (QED) is 0.487. The van der Waals surface area contributed by atoms with Crippen LogP contribution in [0.15, 0.2) is 0 Å². The molecule has 2 unspecified atom stereocenters. The highest BCUT2D eigenvalue weighted by molar-refractivity contribution is 5.82. The highest BCUT2D eigenvalue weighted by atomic mass is 16.2. The Hall–Kier alpha value is -0.530. The van der Waals surface area contributed by atoms with E-state index in [1.807, 2.05) is 11.9 Å². The van der Waals surface area contributed by atoms with E-state index in [1.165, 1.54) is 6.42 Å². The number of hydrogen-bond acceptors (Lipinski definition) is 1. The second-order valence-electron chi connectivity index (χ2n) is 3.64. The lowest BCUT2D eigenvalue weighted by Gasteiger charge is -2.28. The van der Waals surface area contributed by atoms with E-state index in [4.69, 9.17) is 0 Å². The molecule has 1 heterocycles. The minimum Gasteiger partial charge on any atom is -0.343 e. The van der Waals surface area contributed by atoms with Crippen molar-refractivity contribution in [3.05, 3.63) is 0 Å². The summed E-state index contributed by atoms with van der Waals surface area (Å²) in [7, 11) is 1.92. The van der Waals surface area contributed by atoms with Crippen molar-refractivity contribution in [2.45, 2.75) is 25.8 Å². The van der Waals surface area contributed by atoms with Crippen LogP contribution in [0.4, 0.5) is 0 Å². The lowest BCUT2D eigenvalue weighted by molar-refractivity contribution is -0.135. The molecule has 0 radical (unpaired) electrons. The fourth-order valence-corrected chi connectivity index (χ4v) is 1.89. The van der Waals surface area contributed by atoms with Gasteiger partial charge in [-0.05, 0) is 25.7 Å². The van der Waals surface area contributed by atoms with Crippen LogP contribution in [0, 0.1) is 11.8 Å². The maximum Gasteiger partial charge on any atom is 0.225 e. The monoisotopic (exact) mass is 139 g/mol. The van der Waals surface area contributed by atoms with Crippen LogP contribution < -0.4 is 0 Å². The van der Waals surface area contributed by atoms with Crippen LogP contribution in [0.2, 0.25) is 0 Å². The molecule has 10 heavy (non-hydrogen) atoms. The molecule has 2 rings (SSSR count). The van der Waals surface area contributed by atoms with Crippen molar-refractivity contribution >= 4 is 5.91 Å². The minimum atomic E-state index is 0.378. The summed E-state index contributed by atoms with van der Waals surface area (Å²) in [5, 5.41) is 0. The molecular weight excluding hydrogens is 126 g/mol. The molecule has 1 aliphatic heterocycles. The fourth-order valence-electron chi connectivity index (χ4n) is 1.89. The van der Waals surface area contributed by atoms with Crippen LogP contribution in [0.3, 0.4) is 0 Å². The molecule has 2 fully saturated rings. The molecule has 2 aliphatic rings. The van der Waals surface area contributed by atoms with Crippen LogP contribution in [0.1, 0.15) is 19.8 Å². The number of carbonyl (C=O) groups is 1. The van der Waals surface area contributed by atoms with Crippen molar-refractivity contribution in [1.29, 1.82) is 0 Å². The Balaban J connectivity index is 2.14. The number of amides is 1. The number of likely N-dealkylation sites (tertiary alicyclic amines) is 1. The van der Waals surface area contributed by atoms with Crippen molar-refractivity contribution in [3.8, 4) is 0 Å². The molecule has 1 aliphatic carbocycles. The molecule has 1 saturated heterocycles. The van der Waals surface area contributed by atoms with Gasteiger partial charge >= 0.3 is 0 Å². The van der Waals surface area contributed by atoms with Gasteiger partial charge in [0.2, 0.25) is 5.91 Å². The third-order valence-electron chi connectivity index (χ3n) is 2.89. The summed E-state index contributed by atoms with van der Waals surface area (Å²) in [4.78, 5) is 13.2. The summed E-state index contributed by atoms with van der Waals surface area (Å²) in [5.41, 5.74) is 0. The summed E-state index contributed by atoms with van der Waals surface area (Å²) >= 11 is 0. The molecule has 1 saturated carbocycles. The highest BCUT2D eigenvalue weighted by Gasteiger charge is 2.49. The molecule has 0 spiro atoms. The van der Waals surface area contributed by atoms with Gasteiger partial charge in [0, 0.05) is 19.0 Å². The average Bonchev–Trinajstić information content (AvgIpc) is 2.62. The summed E-state index contributed by atoms with van der Waals surface area (Å²) in [5.74, 6) is 1.55. The smallest absolute Gasteiger partial charge is 0.225 e.